The Bertz CT molecular complexity index is 829. The van der Waals surface area contributed by atoms with Gasteiger partial charge in [-0.15, -0.1) is 11.3 Å². The number of hydrogen-bond donors (Lipinski definition) is 1. The molecule has 0 aromatic carbocycles. The van der Waals surface area contributed by atoms with E-state index in [-0.39, 0.29) is 0 Å². The number of rotatable bonds is 4. The van der Waals surface area contributed by atoms with Crippen LogP contribution in [0.5, 0.6) is 0 Å². The van der Waals surface area contributed by atoms with E-state index < -0.39 is 0 Å². The first-order valence-electron chi connectivity index (χ1n) is 7.85. The van der Waals surface area contributed by atoms with Crippen LogP contribution in [0.15, 0.2) is 29.6 Å². The number of hydrogen-bond acceptors (Lipinski definition) is 6. The lowest BCUT2D eigenvalue weighted by atomic mass is 9.97. The number of aryl methyl sites for hydroxylation is 2. The number of thiophene rings is 1. The van der Waals surface area contributed by atoms with Crippen molar-refractivity contribution < 1.29 is 0 Å². The predicted molar refractivity (Wildman–Crippen MR) is 97.4 cm³/mol. The van der Waals surface area contributed by atoms with E-state index in [1.54, 1.807) is 11.8 Å². The lowest BCUT2D eigenvalue weighted by Gasteiger charge is -2.13. The molecule has 0 saturated heterocycles. The van der Waals surface area contributed by atoms with Gasteiger partial charge in [0, 0.05) is 11.1 Å². The minimum Gasteiger partial charge on any atom is -0.364 e. The van der Waals surface area contributed by atoms with Crippen LogP contribution in [0.1, 0.15) is 29.0 Å². The molecule has 1 aliphatic carbocycles. The van der Waals surface area contributed by atoms with Gasteiger partial charge in [-0.25, -0.2) is 9.97 Å². The molecule has 0 atom stereocenters. The molecule has 3 aromatic rings. The average Bonchev–Trinajstić information content (AvgIpc) is 2.99. The van der Waals surface area contributed by atoms with Crippen molar-refractivity contribution in [2.75, 3.05) is 11.6 Å². The zero-order chi connectivity index (χ0) is 15.6. The van der Waals surface area contributed by atoms with Crippen molar-refractivity contribution in [3.8, 4) is 0 Å². The molecule has 0 fully saturated rings. The number of fused-ring (bicyclic) bond motifs is 3. The first kappa shape index (κ1) is 14.9. The monoisotopic (exact) mass is 342 g/mol. The molecule has 0 amide bonds. The maximum atomic E-state index is 4.73. The zero-order valence-electron chi connectivity index (χ0n) is 13.0. The Morgan fingerprint density at radius 2 is 2.13 bits per heavy atom. The highest BCUT2D eigenvalue weighted by Crippen LogP contribution is 2.39. The molecule has 4 nitrogen and oxygen atoms in total. The van der Waals surface area contributed by atoms with Crippen molar-refractivity contribution in [3.63, 3.8) is 0 Å². The number of anilines is 1. The number of nitrogens with zero attached hydrogens (tertiary/aromatic N) is 3. The summed E-state index contributed by atoms with van der Waals surface area (Å²) in [5, 5.41) is 5.56. The normalized spacial score (nSPS) is 14.0. The van der Waals surface area contributed by atoms with E-state index >= 15 is 0 Å². The van der Waals surface area contributed by atoms with Crippen molar-refractivity contribution in [2.24, 2.45) is 0 Å². The fraction of sp³-hybridized carbons (Fsp3) is 0.353. The second-order valence-electron chi connectivity index (χ2n) is 5.62. The third-order valence-corrected chi connectivity index (χ3v) is 5.87. The van der Waals surface area contributed by atoms with Gasteiger partial charge in [-0.05, 0) is 49.6 Å². The summed E-state index contributed by atoms with van der Waals surface area (Å²) in [6.45, 7) is 0.686. The SMILES string of the molecule is CSc1nc(NCc2ccccn2)c2c3c(sc2n1)CCCC3. The molecule has 1 aliphatic rings. The van der Waals surface area contributed by atoms with Gasteiger partial charge < -0.3 is 5.32 Å². The lowest BCUT2D eigenvalue weighted by Crippen LogP contribution is -2.06. The van der Waals surface area contributed by atoms with Crippen molar-refractivity contribution in [3.05, 3.63) is 40.5 Å². The fourth-order valence-electron chi connectivity index (χ4n) is 3.03. The summed E-state index contributed by atoms with van der Waals surface area (Å²) in [5.41, 5.74) is 2.49. The van der Waals surface area contributed by atoms with E-state index in [0.29, 0.717) is 6.54 Å². The van der Waals surface area contributed by atoms with Gasteiger partial charge >= 0.3 is 0 Å². The van der Waals surface area contributed by atoms with Crippen LogP contribution in [-0.4, -0.2) is 21.2 Å². The molecule has 4 rings (SSSR count). The fourth-order valence-corrected chi connectivity index (χ4v) is 4.72. The summed E-state index contributed by atoms with van der Waals surface area (Å²) in [6.07, 6.45) is 8.74. The third kappa shape index (κ3) is 2.93. The minimum atomic E-state index is 0.686. The van der Waals surface area contributed by atoms with Crippen LogP contribution < -0.4 is 5.32 Å². The van der Waals surface area contributed by atoms with Gasteiger partial charge in [0.05, 0.1) is 17.6 Å². The van der Waals surface area contributed by atoms with Crippen molar-refractivity contribution in [1.82, 2.24) is 15.0 Å². The maximum Gasteiger partial charge on any atom is 0.190 e. The molecule has 0 saturated carbocycles. The van der Waals surface area contributed by atoms with Gasteiger partial charge in [-0.2, -0.15) is 0 Å². The number of nitrogens with one attached hydrogen (secondary N) is 1. The van der Waals surface area contributed by atoms with E-state index in [9.17, 15) is 0 Å². The van der Waals surface area contributed by atoms with Gasteiger partial charge in [0.2, 0.25) is 0 Å². The summed E-state index contributed by atoms with van der Waals surface area (Å²) in [6, 6.07) is 5.98. The molecule has 118 valence electrons. The highest BCUT2D eigenvalue weighted by Gasteiger charge is 2.21. The molecule has 6 heteroatoms. The number of pyridine rings is 1. The van der Waals surface area contributed by atoms with Crippen molar-refractivity contribution in [1.29, 1.82) is 0 Å². The van der Waals surface area contributed by atoms with Gasteiger partial charge in [0.1, 0.15) is 10.6 Å². The molecule has 23 heavy (non-hydrogen) atoms. The minimum absolute atomic E-state index is 0.686. The Labute approximate surface area is 143 Å². The quantitative estimate of drug-likeness (QED) is 0.566. The standard InChI is InChI=1S/C17H18N4S2/c1-22-17-20-15(19-10-11-6-4-5-9-18-11)14-12-7-2-3-8-13(12)23-16(14)21-17/h4-6,9H,2-3,7-8,10H2,1H3,(H,19,20,21). The molecule has 0 radical (unpaired) electrons. The first-order chi connectivity index (χ1) is 11.3. The van der Waals surface area contributed by atoms with Crippen LogP contribution in [-0.2, 0) is 19.4 Å². The second-order valence-corrected chi connectivity index (χ2v) is 7.48. The van der Waals surface area contributed by atoms with Crippen molar-refractivity contribution in [2.45, 2.75) is 37.4 Å². The molecule has 0 bridgehead atoms. The van der Waals surface area contributed by atoms with Crippen LogP contribution in [0.25, 0.3) is 10.2 Å². The van der Waals surface area contributed by atoms with Gasteiger partial charge in [-0.3, -0.25) is 4.98 Å². The molecular formula is C17H18N4S2. The van der Waals surface area contributed by atoms with Crippen molar-refractivity contribution >= 4 is 39.1 Å². The van der Waals surface area contributed by atoms with Gasteiger partial charge in [0.25, 0.3) is 0 Å². The number of thioether (sulfide) groups is 1. The largest absolute Gasteiger partial charge is 0.364 e. The average molecular weight is 342 g/mol. The van der Waals surface area contributed by atoms with Crippen LogP contribution in [0.4, 0.5) is 5.82 Å². The Morgan fingerprint density at radius 1 is 1.22 bits per heavy atom. The first-order valence-corrected chi connectivity index (χ1v) is 9.89. The van der Waals surface area contributed by atoms with E-state index in [4.69, 9.17) is 9.97 Å². The van der Waals surface area contributed by atoms with E-state index in [2.05, 4.69) is 10.3 Å². The molecule has 0 aliphatic heterocycles. The Morgan fingerprint density at radius 3 is 2.96 bits per heavy atom. The van der Waals surface area contributed by atoms with E-state index in [1.807, 2.05) is 42.0 Å². The molecular weight excluding hydrogens is 324 g/mol. The molecule has 1 N–H and O–H groups in total. The van der Waals surface area contributed by atoms with Crippen LogP contribution in [0.3, 0.4) is 0 Å². The summed E-state index contributed by atoms with van der Waals surface area (Å²) in [4.78, 5) is 16.5. The third-order valence-electron chi connectivity index (χ3n) is 4.14. The summed E-state index contributed by atoms with van der Waals surface area (Å²) in [7, 11) is 0. The molecule has 3 aromatic heterocycles. The topological polar surface area (TPSA) is 50.7 Å². The van der Waals surface area contributed by atoms with E-state index in [1.165, 1.54) is 35.1 Å². The number of aromatic nitrogens is 3. The molecule has 0 spiro atoms. The lowest BCUT2D eigenvalue weighted by molar-refractivity contribution is 0.700. The van der Waals surface area contributed by atoms with E-state index in [0.717, 1.165) is 27.9 Å². The Balaban J connectivity index is 1.75. The molecule has 0 unspecified atom stereocenters. The van der Waals surface area contributed by atoms with Crippen LogP contribution >= 0.6 is 23.1 Å². The zero-order valence-corrected chi connectivity index (χ0v) is 14.6. The summed E-state index contributed by atoms with van der Waals surface area (Å²) < 4.78 is 0. The highest BCUT2D eigenvalue weighted by molar-refractivity contribution is 7.98. The highest BCUT2D eigenvalue weighted by atomic mass is 32.2. The Kier molecular flexibility index (Phi) is 4.18. The summed E-state index contributed by atoms with van der Waals surface area (Å²) in [5.74, 6) is 0.962. The predicted octanol–water partition coefficient (Wildman–Crippen LogP) is 4.30. The maximum absolute atomic E-state index is 4.73. The van der Waals surface area contributed by atoms with Gasteiger partial charge in [-0.1, -0.05) is 17.8 Å². The second kappa shape index (κ2) is 6.45. The smallest absolute Gasteiger partial charge is 0.190 e. The summed E-state index contributed by atoms with van der Waals surface area (Å²) >= 11 is 3.44. The molecule has 3 heterocycles. The van der Waals surface area contributed by atoms with Crippen LogP contribution in [0, 0.1) is 0 Å². The Hall–Kier alpha value is -1.66. The van der Waals surface area contributed by atoms with Crippen LogP contribution in [0.2, 0.25) is 0 Å². The van der Waals surface area contributed by atoms with Gasteiger partial charge in [0.15, 0.2) is 5.16 Å².